The van der Waals surface area contributed by atoms with Crippen molar-refractivity contribution in [2.24, 2.45) is 0 Å². The smallest absolute Gasteiger partial charge is 0.336 e. The lowest BCUT2D eigenvalue weighted by Crippen LogP contribution is -2.00. The maximum atomic E-state index is 11.9. The molecular formula is C21H18N2O5S. The van der Waals surface area contributed by atoms with Crippen molar-refractivity contribution in [2.45, 2.75) is 17.4 Å². The number of thioether (sulfide) groups is 1. The van der Waals surface area contributed by atoms with Crippen molar-refractivity contribution in [1.82, 2.24) is 10.2 Å². The average molecular weight is 410 g/mol. The van der Waals surface area contributed by atoms with Gasteiger partial charge in [-0.05, 0) is 35.4 Å². The molecule has 4 rings (SSSR count). The molecule has 148 valence electrons. The van der Waals surface area contributed by atoms with E-state index in [4.69, 9.17) is 18.3 Å². The van der Waals surface area contributed by atoms with Crippen LogP contribution < -0.4 is 15.1 Å². The lowest BCUT2D eigenvalue weighted by Gasteiger charge is -2.05. The molecule has 0 saturated heterocycles. The number of fused-ring (bicyclic) bond motifs is 1. The highest BCUT2D eigenvalue weighted by Crippen LogP contribution is 2.28. The standard InChI is InChI=1S/C21H18N2O5S/c1-25-15-5-3-13(4-6-15)9-19-22-23-21(28-19)29-12-14-10-20(24)27-18-11-16(26-2)7-8-17(14)18/h3-8,10-11H,9,12H2,1-2H3. The SMILES string of the molecule is COc1ccc(Cc2nnc(SCc3cc(=O)oc4cc(OC)ccc34)o2)cc1. The predicted octanol–water partition coefficient (Wildman–Crippen LogP) is 4.08. The number of hydrogen-bond donors (Lipinski definition) is 0. The number of nitrogens with zero attached hydrogens (tertiary/aromatic N) is 2. The molecule has 8 heteroatoms. The molecule has 0 spiro atoms. The molecule has 0 aliphatic carbocycles. The summed E-state index contributed by atoms with van der Waals surface area (Å²) in [5.74, 6) is 2.46. The Hall–Kier alpha value is -3.26. The van der Waals surface area contributed by atoms with Crippen molar-refractivity contribution in [3.8, 4) is 11.5 Å². The summed E-state index contributed by atoms with van der Waals surface area (Å²) in [6, 6.07) is 14.6. The Bertz CT molecular complexity index is 1180. The molecule has 0 bridgehead atoms. The van der Waals surface area contributed by atoms with Gasteiger partial charge in [-0.3, -0.25) is 0 Å². The van der Waals surface area contributed by atoms with Gasteiger partial charge in [0.25, 0.3) is 5.22 Å². The van der Waals surface area contributed by atoms with E-state index in [0.717, 1.165) is 22.3 Å². The van der Waals surface area contributed by atoms with Crippen LogP contribution >= 0.6 is 11.8 Å². The molecule has 0 unspecified atom stereocenters. The summed E-state index contributed by atoms with van der Waals surface area (Å²) in [6.07, 6.45) is 0.537. The molecule has 0 amide bonds. The molecule has 2 aromatic carbocycles. The van der Waals surface area contributed by atoms with E-state index in [2.05, 4.69) is 10.2 Å². The van der Waals surface area contributed by atoms with Crippen LogP contribution in [0.2, 0.25) is 0 Å². The molecule has 2 heterocycles. The number of methoxy groups -OCH3 is 2. The molecule has 29 heavy (non-hydrogen) atoms. The normalized spacial score (nSPS) is 11.0. The summed E-state index contributed by atoms with van der Waals surface area (Å²) in [7, 11) is 3.20. The number of benzene rings is 2. The number of aromatic nitrogens is 2. The second kappa shape index (κ2) is 8.40. The minimum Gasteiger partial charge on any atom is -0.497 e. The molecule has 0 radical (unpaired) electrons. The molecule has 7 nitrogen and oxygen atoms in total. The minimum atomic E-state index is -0.410. The molecule has 0 fully saturated rings. The first-order valence-electron chi connectivity index (χ1n) is 8.83. The van der Waals surface area contributed by atoms with Crippen molar-refractivity contribution >= 4 is 22.7 Å². The second-order valence-electron chi connectivity index (χ2n) is 6.23. The summed E-state index contributed by atoms with van der Waals surface area (Å²) < 4.78 is 21.4. The van der Waals surface area contributed by atoms with E-state index in [9.17, 15) is 4.79 Å². The van der Waals surface area contributed by atoms with E-state index >= 15 is 0 Å². The lowest BCUT2D eigenvalue weighted by atomic mass is 10.1. The Morgan fingerprint density at radius 3 is 2.45 bits per heavy atom. The topological polar surface area (TPSA) is 87.6 Å². The Kier molecular flexibility index (Phi) is 5.53. The van der Waals surface area contributed by atoms with Crippen LogP contribution in [0, 0.1) is 0 Å². The zero-order chi connectivity index (χ0) is 20.2. The highest BCUT2D eigenvalue weighted by Gasteiger charge is 2.11. The zero-order valence-corrected chi connectivity index (χ0v) is 16.7. The Balaban J connectivity index is 1.47. The van der Waals surface area contributed by atoms with Gasteiger partial charge in [0.2, 0.25) is 5.89 Å². The average Bonchev–Trinajstić information content (AvgIpc) is 3.19. The Morgan fingerprint density at radius 2 is 1.69 bits per heavy atom. The van der Waals surface area contributed by atoms with Gasteiger partial charge in [-0.1, -0.05) is 23.9 Å². The van der Waals surface area contributed by atoms with E-state index in [1.165, 1.54) is 17.8 Å². The maximum Gasteiger partial charge on any atom is 0.336 e. The zero-order valence-electron chi connectivity index (χ0n) is 15.9. The van der Waals surface area contributed by atoms with Gasteiger partial charge < -0.3 is 18.3 Å². The molecule has 2 aromatic heterocycles. The van der Waals surface area contributed by atoms with Gasteiger partial charge in [-0.25, -0.2) is 4.79 Å². The first kappa shape index (κ1) is 19.1. The fourth-order valence-electron chi connectivity index (χ4n) is 2.88. The van der Waals surface area contributed by atoms with E-state index < -0.39 is 5.63 Å². The van der Waals surface area contributed by atoms with Crippen molar-refractivity contribution in [1.29, 1.82) is 0 Å². The number of rotatable bonds is 7. The molecule has 0 atom stereocenters. The summed E-state index contributed by atoms with van der Waals surface area (Å²) in [5.41, 5.74) is 1.95. The van der Waals surface area contributed by atoms with Crippen LogP contribution in [0.3, 0.4) is 0 Å². The number of hydrogen-bond acceptors (Lipinski definition) is 8. The Morgan fingerprint density at radius 1 is 0.931 bits per heavy atom. The lowest BCUT2D eigenvalue weighted by molar-refractivity contribution is 0.413. The van der Waals surface area contributed by atoms with Gasteiger partial charge in [0.1, 0.15) is 17.1 Å². The van der Waals surface area contributed by atoms with Crippen LogP contribution in [0.15, 0.2) is 67.4 Å². The van der Waals surface area contributed by atoms with Gasteiger partial charge in [0.05, 0.1) is 20.6 Å². The maximum absolute atomic E-state index is 11.9. The largest absolute Gasteiger partial charge is 0.497 e. The van der Waals surface area contributed by atoms with Crippen molar-refractivity contribution in [2.75, 3.05) is 14.2 Å². The van der Waals surface area contributed by atoms with E-state index in [-0.39, 0.29) is 0 Å². The summed E-state index contributed by atoms with van der Waals surface area (Å²) in [6.45, 7) is 0. The monoisotopic (exact) mass is 410 g/mol. The van der Waals surface area contributed by atoms with Gasteiger partial charge in [0, 0.05) is 23.3 Å². The first-order chi connectivity index (χ1) is 14.1. The molecule has 4 aromatic rings. The van der Waals surface area contributed by atoms with Crippen LogP contribution in [0.25, 0.3) is 11.0 Å². The fourth-order valence-corrected chi connectivity index (χ4v) is 3.65. The highest BCUT2D eigenvalue weighted by molar-refractivity contribution is 7.98. The molecule has 0 N–H and O–H groups in total. The third kappa shape index (κ3) is 4.43. The van der Waals surface area contributed by atoms with Crippen molar-refractivity contribution in [3.05, 3.63) is 76.0 Å². The van der Waals surface area contributed by atoms with E-state index in [1.54, 1.807) is 20.3 Å². The van der Waals surface area contributed by atoms with Crippen LogP contribution in [0.1, 0.15) is 17.0 Å². The summed E-state index contributed by atoms with van der Waals surface area (Å²) in [5, 5.41) is 9.49. The van der Waals surface area contributed by atoms with Crippen LogP contribution in [0.4, 0.5) is 0 Å². The summed E-state index contributed by atoms with van der Waals surface area (Å²) >= 11 is 1.37. The highest BCUT2D eigenvalue weighted by atomic mass is 32.2. The van der Waals surface area contributed by atoms with E-state index in [0.29, 0.717) is 34.6 Å². The molecule has 0 aliphatic heterocycles. The summed E-state index contributed by atoms with van der Waals surface area (Å²) in [4.78, 5) is 11.9. The minimum absolute atomic E-state index is 0.410. The predicted molar refractivity (Wildman–Crippen MR) is 109 cm³/mol. The molecule has 0 saturated carbocycles. The van der Waals surface area contributed by atoms with Gasteiger partial charge in [0.15, 0.2) is 0 Å². The van der Waals surface area contributed by atoms with Gasteiger partial charge in [-0.2, -0.15) is 0 Å². The molecular weight excluding hydrogens is 392 g/mol. The third-order valence-electron chi connectivity index (χ3n) is 4.35. The first-order valence-corrected chi connectivity index (χ1v) is 9.82. The van der Waals surface area contributed by atoms with Crippen molar-refractivity contribution in [3.63, 3.8) is 0 Å². The second-order valence-corrected chi connectivity index (χ2v) is 7.15. The Labute approximate surface area is 170 Å². The van der Waals surface area contributed by atoms with E-state index in [1.807, 2.05) is 36.4 Å². The van der Waals surface area contributed by atoms with Crippen LogP contribution in [-0.4, -0.2) is 24.4 Å². The number of ether oxygens (including phenoxy) is 2. The van der Waals surface area contributed by atoms with Crippen LogP contribution in [-0.2, 0) is 12.2 Å². The van der Waals surface area contributed by atoms with Gasteiger partial charge in [-0.15, -0.1) is 10.2 Å². The molecule has 0 aliphatic rings. The van der Waals surface area contributed by atoms with Gasteiger partial charge >= 0.3 is 5.63 Å². The van der Waals surface area contributed by atoms with Crippen molar-refractivity contribution < 1.29 is 18.3 Å². The third-order valence-corrected chi connectivity index (χ3v) is 5.22. The quantitative estimate of drug-likeness (QED) is 0.333. The fraction of sp³-hybridized carbons (Fsp3) is 0.190. The van der Waals surface area contributed by atoms with Crippen LogP contribution in [0.5, 0.6) is 11.5 Å².